The maximum absolute atomic E-state index is 9.88. The fourth-order valence-electron chi connectivity index (χ4n) is 1.57. The molecule has 0 saturated heterocycles. The summed E-state index contributed by atoms with van der Waals surface area (Å²) in [4.78, 5) is 0. The largest absolute Gasteiger partial charge is 0.480 e. The molecule has 0 fully saturated rings. The molecule has 0 spiro atoms. The monoisotopic (exact) mass is 236 g/mol. The van der Waals surface area contributed by atoms with E-state index in [1.165, 1.54) is 0 Å². The number of hydrogen-bond donors (Lipinski definition) is 1. The van der Waals surface area contributed by atoms with Crippen molar-refractivity contribution in [3.05, 3.63) is 30.5 Å². The van der Waals surface area contributed by atoms with Crippen molar-refractivity contribution in [1.29, 1.82) is 0 Å². The molecule has 0 amide bonds. The van der Waals surface area contributed by atoms with Gasteiger partial charge >= 0.3 is 0 Å². The summed E-state index contributed by atoms with van der Waals surface area (Å²) in [6.45, 7) is 3.68. The van der Waals surface area contributed by atoms with Crippen LogP contribution in [0, 0.1) is 0 Å². The molecule has 0 bridgehead atoms. The van der Waals surface area contributed by atoms with Gasteiger partial charge in [0.15, 0.2) is 0 Å². The lowest BCUT2D eigenvalue weighted by atomic mass is 10.1. The van der Waals surface area contributed by atoms with Crippen LogP contribution in [0.2, 0.25) is 0 Å². The molecule has 0 aliphatic carbocycles. The maximum Gasteiger partial charge on any atom is 0.233 e. The number of aliphatic hydroxyl groups is 1. The minimum Gasteiger partial charge on any atom is -0.480 e. The standard InChI is InChI=1S/C13H20N2O2/c1-3-4-5-6-7-8-12(16)11-9-10-13(17-2)15-14-11/h3,9-10,12,16H,1,4-8H2,2H3. The fourth-order valence-corrected chi connectivity index (χ4v) is 1.57. The molecule has 1 heterocycles. The summed E-state index contributed by atoms with van der Waals surface area (Å²) in [5.41, 5.74) is 0.606. The van der Waals surface area contributed by atoms with Gasteiger partial charge in [-0.2, -0.15) is 0 Å². The quantitative estimate of drug-likeness (QED) is 0.557. The van der Waals surface area contributed by atoms with Gasteiger partial charge in [0.2, 0.25) is 5.88 Å². The van der Waals surface area contributed by atoms with E-state index in [0.717, 1.165) is 32.1 Å². The molecule has 4 heteroatoms. The smallest absolute Gasteiger partial charge is 0.233 e. The fraction of sp³-hybridized carbons (Fsp3) is 0.538. The van der Waals surface area contributed by atoms with Crippen molar-refractivity contribution >= 4 is 0 Å². The van der Waals surface area contributed by atoms with Crippen LogP contribution in [0.15, 0.2) is 24.8 Å². The third-order valence-electron chi connectivity index (χ3n) is 2.60. The number of rotatable bonds is 8. The van der Waals surface area contributed by atoms with Crippen molar-refractivity contribution in [2.75, 3.05) is 7.11 Å². The predicted molar refractivity (Wildman–Crippen MR) is 66.8 cm³/mol. The van der Waals surface area contributed by atoms with Crippen molar-refractivity contribution in [1.82, 2.24) is 10.2 Å². The number of unbranched alkanes of at least 4 members (excludes halogenated alkanes) is 3. The second-order valence-corrected chi connectivity index (χ2v) is 3.94. The van der Waals surface area contributed by atoms with E-state index in [0.29, 0.717) is 11.6 Å². The molecule has 0 radical (unpaired) electrons. The van der Waals surface area contributed by atoms with Crippen molar-refractivity contribution in [2.24, 2.45) is 0 Å². The summed E-state index contributed by atoms with van der Waals surface area (Å²) >= 11 is 0. The van der Waals surface area contributed by atoms with Crippen LogP contribution in [-0.2, 0) is 0 Å². The normalized spacial score (nSPS) is 12.1. The summed E-state index contributed by atoms with van der Waals surface area (Å²) in [7, 11) is 1.54. The lowest BCUT2D eigenvalue weighted by Gasteiger charge is -2.09. The number of hydrogen-bond acceptors (Lipinski definition) is 4. The van der Waals surface area contributed by atoms with Crippen LogP contribution in [0.5, 0.6) is 5.88 Å². The molecular weight excluding hydrogens is 216 g/mol. The number of nitrogens with zero attached hydrogens (tertiary/aromatic N) is 2. The summed E-state index contributed by atoms with van der Waals surface area (Å²) in [5.74, 6) is 0.465. The minimum atomic E-state index is -0.530. The molecule has 1 N–H and O–H groups in total. The molecule has 0 aromatic carbocycles. The van der Waals surface area contributed by atoms with E-state index in [2.05, 4.69) is 16.8 Å². The predicted octanol–water partition coefficient (Wildman–Crippen LogP) is 2.66. The summed E-state index contributed by atoms with van der Waals surface area (Å²) in [6.07, 6.45) is 6.37. The Morgan fingerprint density at radius 1 is 1.35 bits per heavy atom. The number of allylic oxidation sites excluding steroid dienone is 1. The van der Waals surface area contributed by atoms with Gasteiger partial charge in [0.25, 0.3) is 0 Å². The molecule has 1 rings (SSSR count). The van der Waals surface area contributed by atoms with Crippen LogP contribution in [0.25, 0.3) is 0 Å². The van der Waals surface area contributed by atoms with E-state index in [4.69, 9.17) is 4.74 Å². The average Bonchev–Trinajstić information content (AvgIpc) is 2.38. The van der Waals surface area contributed by atoms with Gasteiger partial charge in [-0.1, -0.05) is 18.9 Å². The van der Waals surface area contributed by atoms with E-state index in [-0.39, 0.29) is 0 Å². The van der Waals surface area contributed by atoms with Crippen LogP contribution in [0.1, 0.15) is 43.9 Å². The maximum atomic E-state index is 9.88. The molecule has 0 aliphatic rings. The van der Waals surface area contributed by atoms with Gasteiger partial charge in [0, 0.05) is 6.07 Å². The molecule has 17 heavy (non-hydrogen) atoms. The van der Waals surface area contributed by atoms with Crippen LogP contribution < -0.4 is 4.74 Å². The molecule has 1 aromatic rings. The average molecular weight is 236 g/mol. The minimum absolute atomic E-state index is 0.465. The van der Waals surface area contributed by atoms with Crippen molar-refractivity contribution in [3.63, 3.8) is 0 Å². The molecule has 0 saturated carbocycles. The van der Waals surface area contributed by atoms with E-state index < -0.39 is 6.10 Å². The summed E-state index contributed by atoms with van der Waals surface area (Å²) in [6, 6.07) is 3.46. The Bertz CT molecular complexity index is 325. The van der Waals surface area contributed by atoms with Gasteiger partial charge in [-0.3, -0.25) is 0 Å². The van der Waals surface area contributed by atoms with Gasteiger partial charge in [0.05, 0.1) is 18.9 Å². The molecular formula is C13H20N2O2. The zero-order chi connectivity index (χ0) is 12.5. The zero-order valence-electron chi connectivity index (χ0n) is 10.3. The third kappa shape index (κ3) is 4.95. The van der Waals surface area contributed by atoms with Gasteiger partial charge < -0.3 is 9.84 Å². The van der Waals surface area contributed by atoms with Gasteiger partial charge in [0.1, 0.15) is 0 Å². The summed E-state index contributed by atoms with van der Waals surface area (Å²) in [5, 5.41) is 17.6. The Labute approximate surface area is 102 Å². The van der Waals surface area contributed by atoms with Gasteiger partial charge in [-0.25, -0.2) is 0 Å². The highest BCUT2D eigenvalue weighted by Crippen LogP contribution is 2.18. The number of ether oxygens (including phenoxy) is 1. The van der Waals surface area contributed by atoms with Crippen molar-refractivity contribution in [3.8, 4) is 5.88 Å². The Hall–Kier alpha value is -1.42. The first-order chi connectivity index (χ1) is 8.27. The SMILES string of the molecule is C=CCCCCCC(O)c1ccc(OC)nn1. The highest BCUT2D eigenvalue weighted by molar-refractivity contribution is 5.12. The van der Waals surface area contributed by atoms with Crippen LogP contribution in [-0.4, -0.2) is 22.4 Å². The van der Waals surface area contributed by atoms with Crippen molar-refractivity contribution < 1.29 is 9.84 Å². The Morgan fingerprint density at radius 2 is 2.18 bits per heavy atom. The van der Waals surface area contributed by atoms with Crippen LogP contribution in [0.4, 0.5) is 0 Å². The highest BCUT2D eigenvalue weighted by atomic mass is 16.5. The first-order valence-electron chi connectivity index (χ1n) is 5.94. The summed E-state index contributed by atoms with van der Waals surface area (Å²) < 4.78 is 4.91. The van der Waals surface area contributed by atoms with Crippen molar-refractivity contribution in [2.45, 2.75) is 38.2 Å². The van der Waals surface area contributed by atoms with E-state index in [9.17, 15) is 5.11 Å². The molecule has 94 valence electrons. The zero-order valence-corrected chi connectivity index (χ0v) is 10.3. The van der Waals surface area contributed by atoms with E-state index >= 15 is 0 Å². The molecule has 1 atom stereocenters. The Balaban J connectivity index is 2.30. The highest BCUT2D eigenvalue weighted by Gasteiger charge is 2.09. The van der Waals surface area contributed by atoms with Crippen LogP contribution in [0.3, 0.4) is 0 Å². The lowest BCUT2D eigenvalue weighted by Crippen LogP contribution is -2.02. The Morgan fingerprint density at radius 3 is 2.76 bits per heavy atom. The second-order valence-electron chi connectivity index (χ2n) is 3.94. The second kappa shape index (κ2) is 7.79. The first kappa shape index (κ1) is 13.6. The van der Waals surface area contributed by atoms with Crippen LogP contribution >= 0.6 is 0 Å². The number of methoxy groups -OCH3 is 1. The van der Waals surface area contributed by atoms with E-state index in [1.807, 2.05) is 6.08 Å². The molecule has 1 unspecified atom stereocenters. The molecule has 0 aliphatic heterocycles. The molecule has 4 nitrogen and oxygen atoms in total. The molecule has 1 aromatic heterocycles. The van der Waals surface area contributed by atoms with Gasteiger partial charge in [-0.05, 0) is 25.3 Å². The number of aliphatic hydroxyl groups excluding tert-OH is 1. The van der Waals surface area contributed by atoms with E-state index in [1.54, 1.807) is 19.2 Å². The first-order valence-corrected chi connectivity index (χ1v) is 5.94. The third-order valence-corrected chi connectivity index (χ3v) is 2.60. The van der Waals surface area contributed by atoms with Gasteiger partial charge in [-0.15, -0.1) is 16.8 Å². The topological polar surface area (TPSA) is 55.2 Å². The lowest BCUT2D eigenvalue weighted by molar-refractivity contribution is 0.157. The Kier molecular flexibility index (Phi) is 6.25. The number of aromatic nitrogens is 2.